The molecule has 2 nitrogen and oxygen atoms in total. The van der Waals surface area contributed by atoms with Crippen molar-refractivity contribution in [3.8, 4) is 0 Å². The van der Waals surface area contributed by atoms with Gasteiger partial charge in [0.25, 0.3) is 0 Å². The molecular weight excluding hydrogens is 207 g/mol. The minimum absolute atomic E-state index is 0. The van der Waals surface area contributed by atoms with Gasteiger partial charge in [-0.1, -0.05) is 31.3 Å². The van der Waals surface area contributed by atoms with Crippen LogP contribution in [0.4, 0.5) is 0 Å². The largest absolute Gasteiger partial charge is 1.00 e. The molecule has 0 bridgehead atoms. The summed E-state index contributed by atoms with van der Waals surface area (Å²) < 4.78 is 21.4. The second kappa shape index (κ2) is 7.39. The van der Waals surface area contributed by atoms with Gasteiger partial charge >= 0.3 is 29.6 Å². The van der Waals surface area contributed by atoms with E-state index in [1.165, 1.54) is 6.42 Å². The molecule has 1 saturated carbocycles. The summed E-state index contributed by atoms with van der Waals surface area (Å²) in [6, 6.07) is 0. The van der Waals surface area contributed by atoms with E-state index in [9.17, 15) is 8.76 Å². The summed E-state index contributed by atoms with van der Waals surface area (Å²) in [5.41, 5.74) is 0. The molecular formula is C10H19NaO2S. The van der Waals surface area contributed by atoms with E-state index in [0.717, 1.165) is 37.5 Å². The van der Waals surface area contributed by atoms with Crippen LogP contribution in [-0.2, 0) is 11.1 Å². The van der Waals surface area contributed by atoms with Crippen molar-refractivity contribution in [3.63, 3.8) is 0 Å². The Balaban J connectivity index is 0.00000169. The first-order chi connectivity index (χ1) is 6.15. The fraction of sp³-hybridized carbons (Fsp3) is 1.00. The zero-order valence-electron chi connectivity index (χ0n) is 9.49. The maximum atomic E-state index is 10.7. The van der Waals surface area contributed by atoms with E-state index in [0.29, 0.717) is 0 Å². The molecule has 1 aliphatic rings. The summed E-state index contributed by atoms with van der Waals surface area (Å²) in [4.78, 5) is 0. The van der Waals surface area contributed by atoms with Crippen molar-refractivity contribution >= 4 is 11.1 Å². The van der Waals surface area contributed by atoms with Gasteiger partial charge in [-0.3, -0.25) is 4.21 Å². The van der Waals surface area contributed by atoms with Gasteiger partial charge in [-0.15, -0.1) is 0 Å². The van der Waals surface area contributed by atoms with Gasteiger partial charge in [0.15, 0.2) is 0 Å². The summed E-state index contributed by atoms with van der Waals surface area (Å²) in [5.74, 6) is 1.53. The van der Waals surface area contributed by atoms with Gasteiger partial charge in [0, 0.05) is 5.25 Å². The van der Waals surface area contributed by atoms with Gasteiger partial charge in [-0.2, -0.15) is 0 Å². The Morgan fingerprint density at radius 1 is 1.36 bits per heavy atom. The van der Waals surface area contributed by atoms with Crippen molar-refractivity contribution in [1.29, 1.82) is 0 Å². The fourth-order valence-electron chi connectivity index (χ4n) is 2.18. The van der Waals surface area contributed by atoms with Crippen LogP contribution in [0.1, 0.15) is 46.0 Å². The molecule has 0 spiro atoms. The molecule has 0 aliphatic heterocycles. The van der Waals surface area contributed by atoms with Gasteiger partial charge in [0.05, 0.1) is 0 Å². The van der Waals surface area contributed by atoms with Crippen molar-refractivity contribution < 1.29 is 38.3 Å². The molecule has 4 heteroatoms. The average Bonchev–Trinajstić information content (AvgIpc) is 2.17. The van der Waals surface area contributed by atoms with Crippen LogP contribution >= 0.6 is 0 Å². The molecule has 1 aliphatic carbocycles. The summed E-state index contributed by atoms with van der Waals surface area (Å²) >= 11 is -1.83. The van der Waals surface area contributed by atoms with E-state index in [1.54, 1.807) is 0 Å². The van der Waals surface area contributed by atoms with E-state index in [-0.39, 0.29) is 34.8 Å². The van der Waals surface area contributed by atoms with Crippen molar-refractivity contribution in [1.82, 2.24) is 0 Å². The maximum absolute atomic E-state index is 10.7. The predicted molar refractivity (Wildman–Crippen MR) is 54.1 cm³/mol. The average molecular weight is 226 g/mol. The third-order valence-corrected chi connectivity index (χ3v) is 4.46. The van der Waals surface area contributed by atoms with E-state index in [4.69, 9.17) is 0 Å². The van der Waals surface area contributed by atoms with Crippen LogP contribution in [0.5, 0.6) is 0 Å². The summed E-state index contributed by atoms with van der Waals surface area (Å²) in [6.45, 7) is 4.49. The molecule has 14 heavy (non-hydrogen) atoms. The molecule has 1 rings (SSSR count). The Kier molecular flexibility index (Phi) is 7.98. The first kappa shape index (κ1) is 15.1. The zero-order chi connectivity index (χ0) is 9.84. The number of rotatable bonds is 3. The number of hydrogen-bond donors (Lipinski definition) is 0. The van der Waals surface area contributed by atoms with Gasteiger partial charge in [-0.25, -0.2) is 0 Å². The van der Waals surface area contributed by atoms with Crippen molar-refractivity contribution in [3.05, 3.63) is 0 Å². The second-order valence-corrected chi connectivity index (χ2v) is 5.37. The third kappa shape index (κ3) is 4.31. The standard InChI is InChI=1S/C10H20O2S.Na/c1-3-8(2)9-4-6-10(7-5-9)13(11)12;/h8-10H,3-7H2,1-2H3,(H,11,12);/q;+1/p-1. The Morgan fingerprint density at radius 3 is 2.21 bits per heavy atom. The molecule has 2 unspecified atom stereocenters. The Hall–Kier alpha value is 1.11. The topological polar surface area (TPSA) is 40.1 Å². The molecule has 0 amide bonds. The van der Waals surface area contributed by atoms with Crippen molar-refractivity contribution in [2.45, 2.75) is 51.2 Å². The maximum Gasteiger partial charge on any atom is 1.00 e. The Labute approximate surface area is 112 Å². The second-order valence-electron chi connectivity index (χ2n) is 4.18. The van der Waals surface area contributed by atoms with E-state index in [1.807, 2.05) is 0 Å². The predicted octanol–water partition coefficient (Wildman–Crippen LogP) is -0.526. The summed E-state index contributed by atoms with van der Waals surface area (Å²) in [5, 5.41) is -0.0553. The summed E-state index contributed by atoms with van der Waals surface area (Å²) in [7, 11) is 0. The minimum atomic E-state index is -1.83. The Morgan fingerprint density at radius 2 is 1.86 bits per heavy atom. The van der Waals surface area contributed by atoms with Crippen molar-refractivity contribution in [2.24, 2.45) is 11.8 Å². The molecule has 0 N–H and O–H groups in total. The molecule has 1 fully saturated rings. The van der Waals surface area contributed by atoms with E-state index < -0.39 is 11.1 Å². The molecule has 0 heterocycles. The Bertz CT molecular complexity index is 179. The SMILES string of the molecule is CCC(C)C1CCC(S(=O)[O-])CC1.[Na+]. The normalized spacial score (nSPS) is 31.6. The number of hydrogen-bond acceptors (Lipinski definition) is 2. The van der Waals surface area contributed by atoms with E-state index >= 15 is 0 Å². The fourth-order valence-corrected chi connectivity index (χ4v) is 2.84. The van der Waals surface area contributed by atoms with Gasteiger partial charge in [-0.05, 0) is 37.5 Å². The van der Waals surface area contributed by atoms with Crippen LogP contribution in [0, 0.1) is 11.8 Å². The third-order valence-electron chi connectivity index (χ3n) is 3.44. The molecule has 0 saturated heterocycles. The monoisotopic (exact) mass is 226 g/mol. The minimum Gasteiger partial charge on any atom is -0.772 e. The first-order valence-electron chi connectivity index (χ1n) is 5.23. The van der Waals surface area contributed by atoms with Crippen LogP contribution < -0.4 is 29.6 Å². The van der Waals surface area contributed by atoms with Crippen LogP contribution in [0.15, 0.2) is 0 Å². The van der Waals surface area contributed by atoms with Gasteiger partial charge in [0.1, 0.15) is 0 Å². The molecule has 78 valence electrons. The molecule has 0 aromatic heterocycles. The van der Waals surface area contributed by atoms with Crippen LogP contribution in [0.2, 0.25) is 0 Å². The van der Waals surface area contributed by atoms with Crippen molar-refractivity contribution in [2.75, 3.05) is 0 Å². The quantitative estimate of drug-likeness (QED) is 0.480. The van der Waals surface area contributed by atoms with Crippen LogP contribution in [0.3, 0.4) is 0 Å². The molecule has 2 atom stereocenters. The molecule has 0 aromatic carbocycles. The van der Waals surface area contributed by atoms with E-state index in [2.05, 4.69) is 13.8 Å². The first-order valence-corrected chi connectivity index (χ1v) is 6.37. The van der Waals surface area contributed by atoms with Crippen LogP contribution in [0.25, 0.3) is 0 Å². The van der Waals surface area contributed by atoms with Gasteiger partial charge < -0.3 is 4.55 Å². The summed E-state index contributed by atoms with van der Waals surface area (Å²) in [6.07, 6.45) is 5.19. The molecule has 0 aromatic rings. The molecule has 0 radical (unpaired) electrons. The zero-order valence-corrected chi connectivity index (χ0v) is 12.3. The van der Waals surface area contributed by atoms with Crippen LogP contribution in [-0.4, -0.2) is 14.0 Å². The smallest absolute Gasteiger partial charge is 0.772 e. The van der Waals surface area contributed by atoms with Gasteiger partial charge in [0.2, 0.25) is 0 Å².